The van der Waals surface area contributed by atoms with Crippen molar-refractivity contribution in [2.45, 2.75) is 39.2 Å². The number of rotatable bonds is 5. The molecule has 3 nitrogen and oxygen atoms in total. The maximum Gasteiger partial charge on any atom is 0.225 e. The van der Waals surface area contributed by atoms with Crippen molar-refractivity contribution >= 4 is 23.2 Å². The molecule has 1 aromatic carbocycles. The number of nitrogens with two attached hydrogens (primary N) is 1. The SMILES string of the molecule is CCCC(N)CC(=O)Nc1cc(Cl)ccc1C. The fraction of sp³-hybridized carbons (Fsp3) is 0.462. The molecule has 0 aliphatic heterocycles. The molecule has 1 amide bonds. The van der Waals surface area contributed by atoms with Crippen LogP contribution in [0.3, 0.4) is 0 Å². The zero-order valence-electron chi connectivity index (χ0n) is 10.3. The van der Waals surface area contributed by atoms with Gasteiger partial charge in [-0.2, -0.15) is 0 Å². The number of anilines is 1. The minimum Gasteiger partial charge on any atom is -0.327 e. The van der Waals surface area contributed by atoms with E-state index in [-0.39, 0.29) is 11.9 Å². The van der Waals surface area contributed by atoms with Crippen LogP contribution in [0.15, 0.2) is 18.2 Å². The van der Waals surface area contributed by atoms with Gasteiger partial charge in [-0.1, -0.05) is 31.0 Å². The van der Waals surface area contributed by atoms with Gasteiger partial charge >= 0.3 is 0 Å². The molecule has 0 aromatic heterocycles. The predicted molar refractivity (Wildman–Crippen MR) is 72.3 cm³/mol. The molecule has 0 saturated heterocycles. The molecule has 1 atom stereocenters. The molecule has 0 saturated carbocycles. The highest BCUT2D eigenvalue weighted by molar-refractivity contribution is 6.31. The molecule has 0 aliphatic carbocycles. The molecule has 0 spiro atoms. The van der Waals surface area contributed by atoms with Crippen molar-refractivity contribution in [3.05, 3.63) is 28.8 Å². The first kappa shape index (κ1) is 14.0. The molecule has 0 radical (unpaired) electrons. The Hall–Kier alpha value is -1.06. The van der Waals surface area contributed by atoms with E-state index in [2.05, 4.69) is 12.2 Å². The van der Waals surface area contributed by atoms with Crippen molar-refractivity contribution in [3.8, 4) is 0 Å². The Bertz CT molecular complexity index is 393. The molecule has 1 aromatic rings. The summed E-state index contributed by atoms with van der Waals surface area (Å²) in [6.07, 6.45) is 2.20. The van der Waals surface area contributed by atoms with Crippen LogP contribution in [0.4, 0.5) is 5.69 Å². The zero-order chi connectivity index (χ0) is 12.8. The zero-order valence-corrected chi connectivity index (χ0v) is 11.1. The molecule has 17 heavy (non-hydrogen) atoms. The lowest BCUT2D eigenvalue weighted by molar-refractivity contribution is -0.116. The van der Waals surface area contributed by atoms with Crippen LogP contribution in [0.25, 0.3) is 0 Å². The molecule has 0 aliphatic rings. The number of benzene rings is 1. The first-order valence-corrected chi connectivity index (χ1v) is 6.22. The summed E-state index contributed by atoms with van der Waals surface area (Å²) < 4.78 is 0. The minimum atomic E-state index is -0.0699. The average Bonchev–Trinajstić information content (AvgIpc) is 2.23. The Morgan fingerprint density at radius 1 is 1.53 bits per heavy atom. The molecule has 0 fully saturated rings. The monoisotopic (exact) mass is 254 g/mol. The summed E-state index contributed by atoms with van der Waals surface area (Å²) in [7, 11) is 0. The Kier molecular flexibility index (Phi) is 5.45. The van der Waals surface area contributed by atoms with Gasteiger partial charge in [0.1, 0.15) is 0 Å². The number of halogens is 1. The van der Waals surface area contributed by atoms with E-state index in [1.54, 1.807) is 12.1 Å². The van der Waals surface area contributed by atoms with Gasteiger partial charge < -0.3 is 11.1 Å². The molecule has 94 valence electrons. The fourth-order valence-corrected chi connectivity index (χ4v) is 1.81. The third-order valence-corrected chi connectivity index (χ3v) is 2.82. The number of carbonyl (C=O) groups excluding carboxylic acids is 1. The summed E-state index contributed by atoms with van der Waals surface area (Å²) in [5, 5.41) is 3.45. The number of aryl methyl sites for hydroxylation is 1. The van der Waals surface area contributed by atoms with Gasteiger partial charge in [-0.05, 0) is 31.0 Å². The van der Waals surface area contributed by atoms with E-state index < -0.39 is 0 Å². The third-order valence-electron chi connectivity index (χ3n) is 2.58. The van der Waals surface area contributed by atoms with E-state index in [1.165, 1.54) is 0 Å². The van der Waals surface area contributed by atoms with Crippen molar-refractivity contribution < 1.29 is 4.79 Å². The highest BCUT2D eigenvalue weighted by Gasteiger charge is 2.10. The summed E-state index contributed by atoms with van der Waals surface area (Å²) in [4.78, 5) is 11.7. The van der Waals surface area contributed by atoms with Crippen LogP contribution >= 0.6 is 11.6 Å². The quantitative estimate of drug-likeness (QED) is 0.848. The molecule has 4 heteroatoms. The number of hydrogen-bond donors (Lipinski definition) is 2. The van der Waals surface area contributed by atoms with Crippen LogP contribution in [0.1, 0.15) is 31.7 Å². The van der Waals surface area contributed by atoms with Gasteiger partial charge in [-0.15, -0.1) is 0 Å². The second kappa shape index (κ2) is 6.62. The number of nitrogens with one attached hydrogen (secondary N) is 1. The lowest BCUT2D eigenvalue weighted by Gasteiger charge is -2.12. The number of carbonyl (C=O) groups is 1. The Labute approximate surface area is 107 Å². The third kappa shape index (κ3) is 4.75. The van der Waals surface area contributed by atoms with Crippen molar-refractivity contribution in [2.24, 2.45) is 5.73 Å². The highest BCUT2D eigenvalue weighted by Crippen LogP contribution is 2.20. The second-order valence-corrected chi connectivity index (χ2v) is 4.70. The minimum absolute atomic E-state index is 0.0590. The predicted octanol–water partition coefficient (Wildman–Crippen LogP) is 3.10. The number of hydrogen-bond acceptors (Lipinski definition) is 2. The van der Waals surface area contributed by atoms with Crippen LogP contribution in [0, 0.1) is 6.92 Å². The summed E-state index contributed by atoms with van der Waals surface area (Å²) in [6.45, 7) is 3.98. The lowest BCUT2D eigenvalue weighted by Crippen LogP contribution is -2.27. The van der Waals surface area contributed by atoms with Crippen LogP contribution in [0.2, 0.25) is 5.02 Å². The first-order valence-electron chi connectivity index (χ1n) is 5.84. The first-order chi connectivity index (χ1) is 8.02. The largest absolute Gasteiger partial charge is 0.327 e. The molecule has 1 unspecified atom stereocenters. The molecular weight excluding hydrogens is 236 g/mol. The fourth-order valence-electron chi connectivity index (χ4n) is 1.64. The summed E-state index contributed by atoms with van der Waals surface area (Å²) in [6, 6.07) is 5.36. The maximum absolute atomic E-state index is 11.7. The van der Waals surface area contributed by atoms with Crippen LogP contribution in [-0.4, -0.2) is 11.9 Å². The summed E-state index contributed by atoms with van der Waals surface area (Å²) in [5.74, 6) is -0.0590. The molecule has 0 heterocycles. The molecular formula is C13H19ClN2O. The molecule has 0 bridgehead atoms. The average molecular weight is 255 g/mol. The normalized spacial score (nSPS) is 12.2. The van der Waals surface area contributed by atoms with E-state index in [4.69, 9.17) is 17.3 Å². The van der Waals surface area contributed by atoms with Crippen LogP contribution in [-0.2, 0) is 4.79 Å². The summed E-state index contributed by atoms with van der Waals surface area (Å²) >= 11 is 5.88. The second-order valence-electron chi connectivity index (χ2n) is 4.26. The van der Waals surface area contributed by atoms with Gasteiger partial charge in [0.2, 0.25) is 5.91 Å². The van der Waals surface area contributed by atoms with Gasteiger partial charge in [0.15, 0.2) is 0 Å². The van der Waals surface area contributed by atoms with E-state index in [0.717, 1.165) is 24.1 Å². The molecule has 3 N–H and O–H groups in total. The van der Waals surface area contributed by atoms with Crippen molar-refractivity contribution in [1.29, 1.82) is 0 Å². The standard InChI is InChI=1S/C13H19ClN2O/c1-3-4-11(15)8-13(17)16-12-7-10(14)6-5-9(12)2/h5-7,11H,3-4,8,15H2,1-2H3,(H,16,17). The highest BCUT2D eigenvalue weighted by atomic mass is 35.5. The smallest absolute Gasteiger partial charge is 0.225 e. The van der Waals surface area contributed by atoms with Gasteiger partial charge in [0.05, 0.1) is 0 Å². The van der Waals surface area contributed by atoms with Crippen molar-refractivity contribution in [3.63, 3.8) is 0 Å². The Morgan fingerprint density at radius 2 is 2.24 bits per heavy atom. The maximum atomic E-state index is 11.7. The van der Waals surface area contributed by atoms with Crippen LogP contribution < -0.4 is 11.1 Å². The number of amides is 1. The van der Waals surface area contributed by atoms with E-state index in [9.17, 15) is 4.79 Å². The van der Waals surface area contributed by atoms with Gasteiger partial charge in [0.25, 0.3) is 0 Å². The van der Waals surface area contributed by atoms with Gasteiger partial charge in [-0.25, -0.2) is 0 Å². The topological polar surface area (TPSA) is 55.1 Å². The van der Waals surface area contributed by atoms with Crippen LogP contribution in [0.5, 0.6) is 0 Å². The van der Waals surface area contributed by atoms with E-state index >= 15 is 0 Å². The molecule has 1 rings (SSSR count). The van der Waals surface area contributed by atoms with Crippen molar-refractivity contribution in [2.75, 3.05) is 5.32 Å². The van der Waals surface area contributed by atoms with Gasteiger partial charge in [0, 0.05) is 23.2 Å². The lowest BCUT2D eigenvalue weighted by atomic mass is 10.1. The Balaban J connectivity index is 2.58. The van der Waals surface area contributed by atoms with Gasteiger partial charge in [-0.3, -0.25) is 4.79 Å². The van der Waals surface area contributed by atoms with E-state index in [1.807, 2.05) is 13.0 Å². The summed E-state index contributed by atoms with van der Waals surface area (Å²) in [5.41, 5.74) is 7.57. The Morgan fingerprint density at radius 3 is 2.88 bits per heavy atom. The van der Waals surface area contributed by atoms with Crippen molar-refractivity contribution in [1.82, 2.24) is 0 Å². The van der Waals surface area contributed by atoms with E-state index in [0.29, 0.717) is 11.4 Å².